The van der Waals surface area contributed by atoms with Gasteiger partial charge in [-0.2, -0.15) is 0 Å². The number of rotatable bonds is 3. The molecule has 3 heteroatoms. The first-order chi connectivity index (χ1) is 16.4. The van der Waals surface area contributed by atoms with Crippen LogP contribution in [0.3, 0.4) is 0 Å². The Hall–Kier alpha value is -1.97. The summed E-state index contributed by atoms with van der Waals surface area (Å²) in [5.74, 6) is 1.19. The zero-order valence-corrected chi connectivity index (χ0v) is 20.9. The molecular formula is C31H38N2O. The maximum atomic E-state index is 7.44. The summed E-state index contributed by atoms with van der Waals surface area (Å²) in [6.07, 6.45) is 18.8. The van der Waals surface area contributed by atoms with Crippen molar-refractivity contribution < 1.29 is 4.74 Å². The van der Waals surface area contributed by atoms with Gasteiger partial charge >= 0.3 is 0 Å². The van der Waals surface area contributed by atoms with Crippen molar-refractivity contribution in [1.29, 1.82) is 0 Å². The highest BCUT2D eigenvalue weighted by Crippen LogP contribution is 2.69. The Morgan fingerprint density at radius 1 is 1.09 bits per heavy atom. The molecule has 1 aromatic heterocycles. The molecule has 6 atom stereocenters. The van der Waals surface area contributed by atoms with Crippen LogP contribution in [0, 0.1) is 11.3 Å². The van der Waals surface area contributed by atoms with Crippen LogP contribution in [0.25, 0.3) is 10.8 Å². The van der Waals surface area contributed by atoms with Crippen LogP contribution in [0.4, 0.5) is 0 Å². The van der Waals surface area contributed by atoms with Gasteiger partial charge in [-0.3, -0.25) is 4.98 Å². The molecule has 2 saturated carbocycles. The molecule has 1 N–H and O–H groups in total. The molecule has 178 valence electrons. The number of fused-ring (bicyclic) bond motifs is 2. The standard InChI is InChI=1S/C31H38N2O/c1-20(2)33-26-7-6-24-17-25-10-12-29(3)27(22-5-4-21-11-15-32-19-23(21)16-22)8-9-28(29)31(25)14-13-30(24,18-26)34-31/h4-5,10-11,15-17,19-20,26-28,33H,6-9,12-14,18H2,1-3H3/t26-,27+,28+,29+,30+,31+/m0/s1. The third kappa shape index (κ3) is 2.86. The number of ether oxygens (including phenoxy) is 1. The second-order valence-electron chi connectivity index (χ2n) is 12.5. The van der Waals surface area contributed by atoms with Gasteiger partial charge in [0.2, 0.25) is 0 Å². The minimum Gasteiger partial charge on any atom is -0.359 e. The molecule has 34 heavy (non-hydrogen) atoms. The highest BCUT2D eigenvalue weighted by molar-refractivity contribution is 5.82. The van der Waals surface area contributed by atoms with E-state index in [0.29, 0.717) is 23.9 Å². The number of nitrogens with zero attached hydrogens (tertiary/aromatic N) is 1. The largest absolute Gasteiger partial charge is 0.359 e. The first-order valence-corrected chi connectivity index (χ1v) is 13.6. The lowest BCUT2D eigenvalue weighted by Crippen LogP contribution is -2.55. The highest BCUT2D eigenvalue weighted by atomic mass is 16.5. The van der Waals surface area contributed by atoms with Crippen LogP contribution in [0.5, 0.6) is 0 Å². The van der Waals surface area contributed by atoms with Gasteiger partial charge in [-0.1, -0.05) is 45.1 Å². The van der Waals surface area contributed by atoms with Gasteiger partial charge in [-0.15, -0.1) is 0 Å². The van der Waals surface area contributed by atoms with Crippen molar-refractivity contribution in [2.24, 2.45) is 11.3 Å². The Balaban J connectivity index is 1.25. The molecule has 2 bridgehead atoms. The van der Waals surface area contributed by atoms with Crippen LogP contribution in [0.15, 0.2) is 60.0 Å². The number of allylic oxidation sites excluding steroid dienone is 1. The number of hydrogen-bond donors (Lipinski definition) is 1. The molecule has 3 aliphatic carbocycles. The van der Waals surface area contributed by atoms with Gasteiger partial charge in [0.1, 0.15) is 0 Å². The normalized spacial score (nSPS) is 40.5. The first-order valence-electron chi connectivity index (χ1n) is 13.6. The minimum absolute atomic E-state index is 0.0207. The van der Waals surface area contributed by atoms with Crippen LogP contribution in [-0.2, 0) is 4.74 Å². The average molecular weight is 455 g/mol. The zero-order chi connectivity index (χ0) is 23.1. The van der Waals surface area contributed by atoms with Gasteiger partial charge in [0, 0.05) is 29.9 Å². The summed E-state index contributed by atoms with van der Waals surface area (Å²) in [5, 5.41) is 6.39. The monoisotopic (exact) mass is 454 g/mol. The van der Waals surface area contributed by atoms with E-state index in [9.17, 15) is 0 Å². The second kappa shape index (κ2) is 7.27. The first kappa shape index (κ1) is 21.3. The number of aromatic nitrogens is 1. The maximum Gasteiger partial charge on any atom is 0.0974 e. The lowest BCUT2D eigenvalue weighted by Gasteiger charge is -2.54. The molecule has 1 saturated heterocycles. The third-order valence-electron chi connectivity index (χ3n) is 10.3. The lowest BCUT2D eigenvalue weighted by molar-refractivity contribution is -0.136. The van der Waals surface area contributed by atoms with E-state index < -0.39 is 0 Å². The van der Waals surface area contributed by atoms with Crippen molar-refractivity contribution in [3.8, 4) is 0 Å². The van der Waals surface area contributed by atoms with Crippen molar-refractivity contribution in [3.05, 3.63) is 65.5 Å². The van der Waals surface area contributed by atoms with Crippen LogP contribution in [-0.4, -0.2) is 28.3 Å². The van der Waals surface area contributed by atoms with Gasteiger partial charge in [0.05, 0.1) is 11.2 Å². The number of hydrogen-bond acceptors (Lipinski definition) is 3. The third-order valence-corrected chi connectivity index (χ3v) is 10.3. The highest BCUT2D eigenvalue weighted by Gasteiger charge is 2.66. The van der Waals surface area contributed by atoms with Crippen molar-refractivity contribution in [2.45, 2.75) is 101 Å². The van der Waals surface area contributed by atoms with Crippen molar-refractivity contribution >= 4 is 10.8 Å². The van der Waals surface area contributed by atoms with Crippen LogP contribution >= 0.6 is 0 Å². The summed E-state index contributed by atoms with van der Waals surface area (Å²) in [4.78, 5) is 4.38. The quantitative estimate of drug-likeness (QED) is 0.551. The van der Waals surface area contributed by atoms with Crippen LogP contribution in [0.1, 0.15) is 83.6 Å². The molecule has 0 unspecified atom stereocenters. The van der Waals surface area contributed by atoms with Gasteiger partial charge in [-0.05, 0) is 103 Å². The number of nitrogens with one attached hydrogen (secondary N) is 1. The summed E-state index contributed by atoms with van der Waals surface area (Å²) < 4.78 is 7.44. The lowest BCUT2D eigenvalue weighted by atomic mass is 9.58. The van der Waals surface area contributed by atoms with E-state index in [-0.39, 0.29) is 16.6 Å². The fourth-order valence-electron chi connectivity index (χ4n) is 8.89. The smallest absolute Gasteiger partial charge is 0.0974 e. The van der Waals surface area contributed by atoms with E-state index in [1.165, 1.54) is 66.9 Å². The van der Waals surface area contributed by atoms with Crippen molar-refractivity contribution in [3.63, 3.8) is 0 Å². The van der Waals surface area contributed by atoms with E-state index >= 15 is 0 Å². The SMILES string of the molecule is CC(C)N[C@H]1CCC2=CC3=CC[C@]4(C)[C@@H](c5ccc6ccncc6c5)CC[C@H]4[C@@]34CC[C@]2(C1)O4. The van der Waals surface area contributed by atoms with E-state index in [1.54, 1.807) is 5.57 Å². The molecule has 2 aliphatic heterocycles. The topological polar surface area (TPSA) is 34.2 Å². The van der Waals surface area contributed by atoms with Crippen molar-refractivity contribution in [2.75, 3.05) is 0 Å². The summed E-state index contributed by atoms with van der Waals surface area (Å²) in [6.45, 7) is 7.12. The Labute approximate surface area is 204 Å². The van der Waals surface area contributed by atoms with Gasteiger partial charge in [0.25, 0.3) is 0 Å². The van der Waals surface area contributed by atoms with E-state index in [1.807, 2.05) is 12.4 Å². The average Bonchev–Trinajstić information content (AvgIpc) is 3.33. The molecule has 1 aromatic carbocycles. The van der Waals surface area contributed by atoms with Gasteiger partial charge in [0.15, 0.2) is 0 Å². The number of pyridine rings is 1. The summed E-state index contributed by atoms with van der Waals surface area (Å²) >= 11 is 0. The Morgan fingerprint density at radius 2 is 2.00 bits per heavy atom. The summed E-state index contributed by atoms with van der Waals surface area (Å²) in [5.41, 5.74) is 4.78. The molecule has 0 amide bonds. The van der Waals surface area contributed by atoms with E-state index in [4.69, 9.17) is 4.74 Å². The number of benzene rings is 1. The molecule has 7 rings (SSSR count). The van der Waals surface area contributed by atoms with Crippen molar-refractivity contribution in [1.82, 2.24) is 10.3 Å². The summed E-state index contributed by atoms with van der Waals surface area (Å²) in [6, 6.07) is 10.3. The van der Waals surface area contributed by atoms with Gasteiger partial charge < -0.3 is 10.1 Å². The zero-order valence-electron chi connectivity index (χ0n) is 20.9. The second-order valence-corrected chi connectivity index (χ2v) is 12.5. The Morgan fingerprint density at radius 3 is 2.88 bits per heavy atom. The molecule has 3 nitrogen and oxygen atoms in total. The van der Waals surface area contributed by atoms with E-state index in [2.05, 4.69) is 67.5 Å². The predicted molar refractivity (Wildman–Crippen MR) is 138 cm³/mol. The molecule has 0 radical (unpaired) electrons. The van der Waals surface area contributed by atoms with Crippen LogP contribution in [0.2, 0.25) is 0 Å². The molecular weight excluding hydrogens is 416 g/mol. The Bertz CT molecular complexity index is 1210. The summed E-state index contributed by atoms with van der Waals surface area (Å²) in [7, 11) is 0. The van der Waals surface area contributed by atoms with E-state index in [0.717, 1.165) is 6.42 Å². The fourth-order valence-corrected chi connectivity index (χ4v) is 8.89. The maximum absolute atomic E-state index is 7.44. The molecule has 2 spiro atoms. The molecule has 5 aliphatic rings. The molecule has 3 fully saturated rings. The molecule has 2 aromatic rings. The molecule has 3 heterocycles. The minimum atomic E-state index is -0.0661. The fraction of sp³-hybridized carbons (Fsp3) is 0.581. The predicted octanol–water partition coefficient (Wildman–Crippen LogP) is 6.84. The Kier molecular flexibility index (Phi) is 4.56. The van der Waals surface area contributed by atoms with Crippen LogP contribution < -0.4 is 5.32 Å². The van der Waals surface area contributed by atoms with Gasteiger partial charge in [-0.25, -0.2) is 0 Å².